The Morgan fingerprint density at radius 3 is 2.82 bits per heavy atom. The van der Waals surface area contributed by atoms with Gasteiger partial charge in [-0.25, -0.2) is 0 Å². The van der Waals surface area contributed by atoms with Crippen LogP contribution in [-0.2, 0) is 6.42 Å². The van der Waals surface area contributed by atoms with Crippen LogP contribution in [0.5, 0.6) is 0 Å². The zero-order valence-corrected chi connectivity index (χ0v) is 10.7. The number of hydrogen-bond acceptors (Lipinski definition) is 2. The second-order valence-corrected chi connectivity index (χ2v) is 5.27. The molecule has 0 radical (unpaired) electrons. The van der Waals surface area contributed by atoms with Crippen LogP contribution in [0.1, 0.15) is 31.7 Å². The zero-order chi connectivity index (χ0) is 11.7. The molecule has 2 nitrogen and oxygen atoms in total. The Morgan fingerprint density at radius 2 is 2.06 bits per heavy atom. The number of fused-ring (bicyclic) bond motifs is 1. The van der Waals surface area contributed by atoms with E-state index in [4.69, 9.17) is 0 Å². The smallest absolute Gasteiger partial charge is 0.0443 e. The fourth-order valence-electron chi connectivity index (χ4n) is 3.33. The SMILES string of the molecule is CCc1ccc(N2CCN[C@H]3CCC[C@H]32)cc1. The summed E-state index contributed by atoms with van der Waals surface area (Å²) in [5.74, 6) is 0. The second kappa shape index (κ2) is 4.69. The van der Waals surface area contributed by atoms with Gasteiger partial charge in [0.1, 0.15) is 0 Å². The van der Waals surface area contributed by atoms with Crippen LogP contribution < -0.4 is 10.2 Å². The van der Waals surface area contributed by atoms with Gasteiger partial charge in [0.05, 0.1) is 0 Å². The molecule has 2 aliphatic rings. The predicted octanol–water partition coefficient (Wildman–Crippen LogP) is 2.58. The van der Waals surface area contributed by atoms with E-state index in [9.17, 15) is 0 Å². The third-order valence-electron chi connectivity index (χ3n) is 4.32. The topological polar surface area (TPSA) is 15.3 Å². The van der Waals surface area contributed by atoms with E-state index in [2.05, 4.69) is 41.4 Å². The van der Waals surface area contributed by atoms with Crippen molar-refractivity contribution in [3.8, 4) is 0 Å². The molecule has 0 spiro atoms. The van der Waals surface area contributed by atoms with E-state index in [0.717, 1.165) is 31.6 Å². The molecule has 1 saturated carbocycles. The Hall–Kier alpha value is -1.02. The summed E-state index contributed by atoms with van der Waals surface area (Å²) < 4.78 is 0. The number of piperazine rings is 1. The Kier molecular flexibility index (Phi) is 3.06. The Balaban J connectivity index is 1.81. The summed E-state index contributed by atoms with van der Waals surface area (Å²) in [6.45, 7) is 4.51. The molecule has 0 aromatic heterocycles. The minimum absolute atomic E-state index is 0.731. The average Bonchev–Trinajstić information content (AvgIpc) is 2.87. The lowest BCUT2D eigenvalue weighted by atomic mass is 10.1. The van der Waals surface area contributed by atoms with Crippen LogP contribution in [-0.4, -0.2) is 25.2 Å². The summed E-state index contributed by atoms with van der Waals surface area (Å²) >= 11 is 0. The van der Waals surface area contributed by atoms with E-state index in [0.29, 0.717) is 0 Å². The van der Waals surface area contributed by atoms with Crippen molar-refractivity contribution in [1.29, 1.82) is 0 Å². The van der Waals surface area contributed by atoms with Gasteiger partial charge in [-0.2, -0.15) is 0 Å². The molecule has 17 heavy (non-hydrogen) atoms. The molecule has 0 amide bonds. The predicted molar refractivity (Wildman–Crippen MR) is 72.6 cm³/mol. The number of benzene rings is 1. The summed E-state index contributed by atoms with van der Waals surface area (Å²) in [7, 11) is 0. The van der Waals surface area contributed by atoms with Crippen molar-refractivity contribution >= 4 is 5.69 Å². The van der Waals surface area contributed by atoms with Gasteiger partial charge in [-0.3, -0.25) is 0 Å². The molecule has 1 saturated heterocycles. The molecule has 3 rings (SSSR count). The van der Waals surface area contributed by atoms with Gasteiger partial charge >= 0.3 is 0 Å². The highest BCUT2D eigenvalue weighted by atomic mass is 15.2. The lowest BCUT2D eigenvalue weighted by Gasteiger charge is -2.40. The van der Waals surface area contributed by atoms with Gasteiger partial charge in [-0.1, -0.05) is 19.1 Å². The number of nitrogens with one attached hydrogen (secondary N) is 1. The second-order valence-electron chi connectivity index (χ2n) is 5.27. The van der Waals surface area contributed by atoms with E-state index >= 15 is 0 Å². The molecule has 1 aliphatic carbocycles. The fourth-order valence-corrected chi connectivity index (χ4v) is 3.33. The maximum atomic E-state index is 3.66. The number of aryl methyl sites for hydroxylation is 1. The number of rotatable bonds is 2. The van der Waals surface area contributed by atoms with Crippen LogP contribution in [0.2, 0.25) is 0 Å². The van der Waals surface area contributed by atoms with Crippen molar-refractivity contribution in [2.75, 3.05) is 18.0 Å². The third-order valence-corrected chi connectivity index (χ3v) is 4.32. The van der Waals surface area contributed by atoms with E-state index in [1.165, 1.54) is 30.5 Å². The van der Waals surface area contributed by atoms with E-state index in [1.54, 1.807) is 0 Å². The molecular formula is C15H22N2. The Bertz CT molecular complexity index is 371. The normalized spacial score (nSPS) is 28.2. The number of anilines is 1. The third kappa shape index (κ3) is 2.06. The summed E-state index contributed by atoms with van der Waals surface area (Å²) in [6, 6.07) is 10.6. The summed E-state index contributed by atoms with van der Waals surface area (Å²) in [4.78, 5) is 2.62. The van der Waals surface area contributed by atoms with Crippen LogP contribution >= 0.6 is 0 Å². The van der Waals surface area contributed by atoms with Gasteiger partial charge in [-0.05, 0) is 43.4 Å². The van der Waals surface area contributed by atoms with Crippen LogP contribution in [0.25, 0.3) is 0 Å². The number of hydrogen-bond donors (Lipinski definition) is 1. The first-order valence-corrected chi connectivity index (χ1v) is 6.97. The van der Waals surface area contributed by atoms with Gasteiger partial charge in [0.25, 0.3) is 0 Å². The Morgan fingerprint density at radius 1 is 1.24 bits per heavy atom. The first kappa shape index (κ1) is 11.1. The molecular weight excluding hydrogens is 208 g/mol. The molecule has 0 bridgehead atoms. The van der Waals surface area contributed by atoms with E-state index in [1.807, 2.05) is 0 Å². The van der Waals surface area contributed by atoms with Crippen molar-refractivity contribution in [3.05, 3.63) is 29.8 Å². The first-order chi connectivity index (χ1) is 8.38. The Labute approximate surface area is 104 Å². The van der Waals surface area contributed by atoms with Gasteiger partial charge in [0.15, 0.2) is 0 Å². The van der Waals surface area contributed by atoms with Gasteiger partial charge in [-0.15, -0.1) is 0 Å². The van der Waals surface area contributed by atoms with Crippen LogP contribution in [0, 0.1) is 0 Å². The minimum Gasteiger partial charge on any atom is -0.366 e. The molecule has 1 aromatic carbocycles. The van der Waals surface area contributed by atoms with Crippen molar-refractivity contribution < 1.29 is 0 Å². The van der Waals surface area contributed by atoms with Crippen LogP contribution in [0.3, 0.4) is 0 Å². The molecule has 0 unspecified atom stereocenters. The van der Waals surface area contributed by atoms with Gasteiger partial charge < -0.3 is 10.2 Å². The molecule has 2 atom stereocenters. The zero-order valence-electron chi connectivity index (χ0n) is 10.7. The largest absolute Gasteiger partial charge is 0.366 e. The highest BCUT2D eigenvalue weighted by Gasteiger charge is 2.34. The summed E-state index contributed by atoms with van der Waals surface area (Å²) in [5, 5.41) is 3.66. The quantitative estimate of drug-likeness (QED) is 0.840. The van der Waals surface area contributed by atoms with Crippen molar-refractivity contribution in [1.82, 2.24) is 5.32 Å². The summed E-state index contributed by atoms with van der Waals surface area (Å²) in [5.41, 5.74) is 2.85. The lowest BCUT2D eigenvalue weighted by molar-refractivity contribution is 0.404. The number of nitrogens with zero attached hydrogens (tertiary/aromatic N) is 1. The lowest BCUT2D eigenvalue weighted by Crippen LogP contribution is -2.55. The summed E-state index contributed by atoms with van der Waals surface area (Å²) in [6.07, 6.45) is 5.22. The van der Waals surface area contributed by atoms with Crippen molar-refractivity contribution in [2.24, 2.45) is 0 Å². The molecule has 1 aromatic rings. The molecule has 2 heteroatoms. The highest BCUT2D eigenvalue weighted by molar-refractivity contribution is 5.50. The molecule has 1 aliphatic heterocycles. The molecule has 92 valence electrons. The maximum absolute atomic E-state index is 3.66. The fraction of sp³-hybridized carbons (Fsp3) is 0.600. The first-order valence-electron chi connectivity index (χ1n) is 6.97. The highest BCUT2D eigenvalue weighted by Crippen LogP contribution is 2.30. The molecule has 1 N–H and O–H groups in total. The van der Waals surface area contributed by atoms with Gasteiger partial charge in [0, 0.05) is 30.9 Å². The van der Waals surface area contributed by atoms with Crippen LogP contribution in [0.4, 0.5) is 5.69 Å². The monoisotopic (exact) mass is 230 g/mol. The standard InChI is InChI=1S/C15H22N2/c1-2-12-6-8-13(9-7-12)17-11-10-16-14-4-3-5-15(14)17/h6-9,14-16H,2-5,10-11H2,1H3/t14-,15+/m0/s1. The van der Waals surface area contributed by atoms with E-state index in [-0.39, 0.29) is 0 Å². The molecule has 1 heterocycles. The van der Waals surface area contributed by atoms with Crippen molar-refractivity contribution in [2.45, 2.75) is 44.7 Å². The minimum atomic E-state index is 0.731. The van der Waals surface area contributed by atoms with Crippen molar-refractivity contribution in [3.63, 3.8) is 0 Å². The van der Waals surface area contributed by atoms with Crippen LogP contribution in [0.15, 0.2) is 24.3 Å². The molecule has 2 fully saturated rings. The maximum Gasteiger partial charge on any atom is 0.0443 e. The average molecular weight is 230 g/mol. The van der Waals surface area contributed by atoms with Gasteiger partial charge in [0.2, 0.25) is 0 Å². The van der Waals surface area contributed by atoms with E-state index < -0.39 is 0 Å².